The van der Waals surface area contributed by atoms with E-state index in [1.165, 1.54) is 12.8 Å². The van der Waals surface area contributed by atoms with E-state index < -0.39 is 10.0 Å². The van der Waals surface area contributed by atoms with Gasteiger partial charge in [-0.05, 0) is 74.4 Å². The maximum absolute atomic E-state index is 13.3. The van der Waals surface area contributed by atoms with Gasteiger partial charge in [-0.15, -0.1) is 0 Å². The zero-order chi connectivity index (χ0) is 20.6. The van der Waals surface area contributed by atoms with Crippen LogP contribution in [-0.4, -0.2) is 26.9 Å². The summed E-state index contributed by atoms with van der Waals surface area (Å²) < 4.78 is 27.8. The topological polar surface area (TPSA) is 66.5 Å². The highest BCUT2D eigenvalue weighted by atomic mass is 35.5. The van der Waals surface area contributed by atoms with E-state index in [-0.39, 0.29) is 23.4 Å². The number of hydrogen-bond acceptors (Lipinski definition) is 3. The van der Waals surface area contributed by atoms with E-state index in [4.69, 9.17) is 11.6 Å². The minimum atomic E-state index is -3.89. The summed E-state index contributed by atoms with van der Waals surface area (Å²) in [7, 11) is -3.89. The van der Waals surface area contributed by atoms with Gasteiger partial charge < -0.3 is 5.32 Å². The Morgan fingerprint density at radius 1 is 1.07 bits per heavy atom. The highest BCUT2D eigenvalue weighted by molar-refractivity contribution is 7.92. The number of halogens is 1. The standard InChI is InChI=1S/C22H25ClN2O3S/c1-15-2-10-20(11-3-15)29(27,28)25(19-8-6-18(23)7-9-19)14-22(26)24-21-13-16-4-5-17(21)12-16/h2-3,6-11,16-17,21H,4-5,12-14H2,1H3,(H,24,26)/t16-,17+,21+/m0/s1. The number of fused-ring (bicyclic) bond motifs is 2. The lowest BCUT2D eigenvalue weighted by Gasteiger charge is -2.27. The van der Waals surface area contributed by atoms with Gasteiger partial charge in [0.1, 0.15) is 6.54 Å². The SMILES string of the molecule is Cc1ccc(S(=O)(=O)N(CC(=O)N[C@@H]2C[C@H]3CC[C@@H]2C3)c2ccc(Cl)cc2)cc1. The Labute approximate surface area is 177 Å². The van der Waals surface area contributed by atoms with Crippen LogP contribution in [0, 0.1) is 18.8 Å². The third kappa shape index (κ3) is 4.28. The lowest BCUT2D eigenvalue weighted by Crippen LogP contribution is -2.45. The molecule has 0 unspecified atom stereocenters. The van der Waals surface area contributed by atoms with E-state index in [9.17, 15) is 13.2 Å². The van der Waals surface area contributed by atoms with E-state index >= 15 is 0 Å². The van der Waals surface area contributed by atoms with Crippen molar-refractivity contribution in [1.82, 2.24) is 5.32 Å². The molecule has 2 bridgehead atoms. The molecule has 2 aliphatic carbocycles. The molecular formula is C22H25ClN2O3S. The van der Waals surface area contributed by atoms with Gasteiger partial charge in [0, 0.05) is 11.1 Å². The fraction of sp³-hybridized carbons (Fsp3) is 0.409. The first-order chi connectivity index (χ1) is 13.8. The Bertz CT molecular complexity index is 990. The molecule has 0 aliphatic heterocycles. The van der Waals surface area contributed by atoms with Gasteiger partial charge in [0.2, 0.25) is 5.91 Å². The largest absolute Gasteiger partial charge is 0.352 e. The van der Waals surface area contributed by atoms with E-state index in [0.29, 0.717) is 22.5 Å². The van der Waals surface area contributed by atoms with Crippen LogP contribution in [0.4, 0.5) is 5.69 Å². The molecular weight excluding hydrogens is 408 g/mol. The molecule has 154 valence electrons. The molecule has 7 heteroatoms. The molecule has 4 rings (SSSR count). The summed E-state index contributed by atoms with van der Waals surface area (Å²) >= 11 is 5.97. The van der Waals surface area contributed by atoms with Crippen LogP contribution in [0.3, 0.4) is 0 Å². The van der Waals surface area contributed by atoms with Crippen molar-refractivity contribution in [3.8, 4) is 0 Å². The Kier molecular flexibility index (Phi) is 5.58. The third-order valence-corrected chi connectivity index (χ3v) is 8.14. The summed E-state index contributed by atoms with van der Waals surface area (Å²) in [6, 6.07) is 13.3. The monoisotopic (exact) mass is 432 g/mol. The number of carbonyl (C=O) groups is 1. The van der Waals surface area contributed by atoms with Crippen molar-refractivity contribution in [2.24, 2.45) is 11.8 Å². The number of nitrogens with one attached hydrogen (secondary N) is 1. The Morgan fingerprint density at radius 3 is 2.34 bits per heavy atom. The van der Waals surface area contributed by atoms with Crippen LogP contribution in [0.1, 0.15) is 31.2 Å². The Balaban J connectivity index is 1.59. The molecule has 1 amide bonds. The van der Waals surface area contributed by atoms with Gasteiger partial charge in [0.25, 0.3) is 10.0 Å². The molecule has 5 nitrogen and oxygen atoms in total. The van der Waals surface area contributed by atoms with Crippen LogP contribution in [0.15, 0.2) is 53.4 Å². The number of rotatable bonds is 6. The zero-order valence-electron chi connectivity index (χ0n) is 16.3. The molecule has 2 fully saturated rings. The van der Waals surface area contributed by atoms with Crippen molar-refractivity contribution in [2.45, 2.75) is 43.5 Å². The number of sulfonamides is 1. The number of carbonyl (C=O) groups excluding carboxylic acids is 1. The van der Waals surface area contributed by atoms with Crippen molar-refractivity contribution < 1.29 is 13.2 Å². The third-order valence-electron chi connectivity index (χ3n) is 6.10. The van der Waals surface area contributed by atoms with Crippen LogP contribution >= 0.6 is 11.6 Å². The summed E-state index contributed by atoms with van der Waals surface area (Å²) in [5.74, 6) is 0.962. The maximum atomic E-state index is 13.3. The van der Waals surface area contributed by atoms with Crippen molar-refractivity contribution in [1.29, 1.82) is 0 Å². The fourth-order valence-corrected chi connectivity index (χ4v) is 6.11. The molecule has 0 spiro atoms. The maximum Gasteiger partial charge on any atom is 0.264 e. The second-order valence-corrected chi connectivity index (χ2v) is 10.4. The van der Waals surface area contributed by atoms with Gasteiger partial charge in [0.15, 0.2) is 0 Å². The predicted molar refractivity (Wildman–Crippen MR) is 115 cm³/mol. The van der Waals surface area contributed by atoms with E-state index in [2.05, 4.69) is 5.32 Å². The van der Waals surface area contributed by atoms with E-state index in [1.807, 2.05) is 6.92 Å². The lowest BCUT2D eigenvalue weighted by molar-refractivity contribution is -0.120. The zero-order valence-corrected chi connectivity index (χ0v) is 17.9. The molecule has 29 heavy (non-hydrogen) atoms. The first kappa shape index (κ1) is 20.2. The predicted octanol–water partition coefficient (Wildman–Crippen LogP) is 4.15. The van der Waals surface area contributed by atoms with Crippen molar-refractivity contribution >= 4 is 33.2 Å². The number of hydrogen-bond donors (Lipinski definition) is 1. The van der Waals surface area contributed by atoms with Gasteiger partial charge in [-0.3, -0.25) is 9.10 Å². The summed E-state index contributed by atoms with van der Waals surface area (Å²) in [6.07, 6.45) is 4.57. The van der Waals surface area contributed by atoms with Crippen molar-refractivity contribution in [3.63, 3.8) is 0 Å². The molecule has 0 heterocycles. The first-order valence-corrected chi connectivity index (χ1v) is 11.8. The number of benzene rings is 2. The van der Waals surface area contributed by atoms with Crippen LogP contribution in [-0.2, 0) is 14.8 Å². The van der Waals surface area contributed by atoms with Gasteiger partial charge in [-0.2, -0.15) is 0 Å². The highest BCUT2D eigenvalue weighted by Crippen LogP contribution is 2.44. The van der Waals surface area contributed by atoms with Gasteiger partial charge in [0.05, 0.1) is 10.6 Å². The Morgan fingerprint density at radius 2 is 1.76 bits per heavy atom. The van der Waals surface area contributed by atoms with Crippen molar-refractivity contribution in [3.05, 3.63) is 59.1 Å². The second kappa shape index (κ2) is 8.00. The van der Waals surface area contributed by atoms with Crippen LogP contribution in [0.2, 0.25) is 5.02 Å². The summed E-state index contributed by atoms with van der Waals surface area (Å²) in [5.41, 5.74) is 1.38. The number of amides is 1. The van der Waals surface area contributed by atoms with Crippen LogP contribution < -0.4 is 9.62 Å². The van der Waals surface area contributed by atoms with Gasteiger partial charge in [-0.1, -0.05) is 35.7 Å². The van der Waals surface area contributed by atoms with E-state index in [0.717, 1.165) is 22.7 Å². The lowest BCUT2D eigenvalue weighted by atomic mass is 9.95. The summed E-state index contributed by atoms with van der Waals surface area (Å²) in [6.45, 7) is 1.64. The van der Waals surface area contributed by atoms with Gasteiger partial charge in [-0.25, -0.2) is 8.42 Å². The molecule has 2 saturated carbocycles. The molecule has 2 aliphatic rings. The molecule has 0 radical (unpaired) electrons. The molecule has 0 saturated heterocycles. The minimum Gasteiger partial charge on any atom is -0.352 e. The van der Waals surface area contributed by atoms with E-state index in [1.54, 1.807) is 48.5 Å². The number of anilines is 1. The molecule has 2 aromatic rings. The smallest absolute Gasteiger partial charge is 0.264 e. The Hall–Kier alpha value is -2.05. The van der Waals surface area contributed by atoms with Crippen molar-refractivity contribution in [2.75, 3.05) is 10.8 Å². The summed E-state index contributed by atoms with van der Waals surface area (Å²) in [4.78, 5) is 13.0. The number of nitrogens with zero attached hydrogens (tertiary/aromatic N) is 1. The highest BCUT2D eigenvalue weighted by Gasteiger charge is 2.40. The summed E-state index contributed by atoms with van der Waals surface area (Å²) in [5, 5.41) is 3.59. The molecule has 0 aromatic heterocycles. The average Bonchev–Trinajstić information content (AvgIpc) is 3.30. The van der Waals surface area contributed by atoms with Crippen LogP contribution in [0.5, 0.6) is 0 Å². The number of aryl methyl sites for hydroxylation is 1. The quantitative estimate of drug-likeness (QED) is 0.745. The van der Waals surface area contributed by atoms with Gasteiger partial charge >= 0.3 is 0 Å². The van der Waals surface area contributed by atoms with Crippen LogP contribution in [0.25, 0.3) is 0 Å². The first-order valence-electron chi connectivity index (χ1n) is 9.97. The minimum absolute atomic E-state index is 0.158. The fourth-order valence-electron chi connectivity index (χ4n) is 4.56. The molecule has 1 N–H and O–H groups in total. The molecule has 3 atom stereocenters. The second-order valence-electron chi connectivity index (χ2n) is 8.15. The normalized spacial score (nSPS) is 23.2. The average molecular weight is 433 g/mol. The molecule has 2 aromatic carbocycles.